The average Bonchev–Trinajstić information content (AvgIpc) is 2.28. The lowest BCUT2D eigenvalue weighted by Crippen LogP contribution is -2.37. The molecule has 0 fully saturated rings. The van der Waals surface area contributed by atoms with Crippen LogP contribution in [0.3, 0.4) is 0 Å². The molecule has 0 aliphatic carbocycles. The first-order chi connectivity index (χ1) is 7.91. The molecule has 2 N–H and O–H groups in total. The second kappa shape index (κ2) is 6.17. The molecule has 0 bridgehead atoms. The van der Waals surface area contributed by atoms with Gasteiger partial charge < -0.3 is 5.73 Å². The van der Waals surface area contributed by atoms with E-state index in [0.717, 1.165) is 19.3 Å². The highest BCUT2D eigenvalue weighted by molar-refractivity contribution is 7.91. The van der Waals surface area contributed by atoms with Crippen LogP contribution in [0.5, 0.6) is 0 Å². The van der Waals surface area contributed by atoms with Gasteiger partial charge in [0.1, 0.15) is 0 Å². The Kier molecular flexibility index (Phi) is 5.15. The van der Waals surface area contributed by atoms with E-state index in [9.17, 15) is 8.42 Å². The Morgan fingerprint density at radius 1 is 1.24 bits per heavy atom. The van der Waals surface area contributed by atoms with Crippen molar-refractivity contribution in [3.8, 4) is 0 Å². The molecule has 0 radical (unpaired) electrons. The highest BCUT2D eigenvalue weighted by Gasteiger charge is 2.21. The minimum absolute atomic E-state index is 0.270. The van der Waals surface area contributed by atoms with Crippen molar-refractivity contribution in [1.29, 1.82) is 0 Å². The second-order valence-electron chi connectivity index (χ2n) is 4.58. The van der Waals surface area contributed by atoms with Gasteiger partial charge in [-0.3, -0.25) is 0 Å². The number of hydrogen-bond donors (Lipinski definition) is 1. The standard InChI is InChI=1S/C13H21NO2S/c1-11(17(2,15)16)13(14)10-6-9-12-7-4-3-5-8-12/h3-5,7-8,11,13H,6,9-10,14H2,1-2H3. The van der Waals surface area contributed by atoms with E-state index < -0.39 is 15.1 Å². The van der Waals surface area contributed by atoms with Crippen LogP contribution in [-0.2, 0) is 16.3 Å². The molecule has 0 heterocycles. The fourth-order valence-corrected chi connectivity index (χ4v) is 2.51. The van der Waals surface area contributed by atoms with Crippen LogP contribution in [0.1, 0.15) is 25.3 Å². The van der Waals surface area contributed by atoms with Gasteiger partial charge in [-0.15, -0.1) is 0 Å². The van der Waals surface area contributed by atoms with Crippen LogP contribution >= 0.6 is 0 Å². The van der Waals surface area contributed by atoms with Crippen LogP contribution < -0.4 is 5.73 Å². The van der Waals surface area contributed by atoms with Crippen molar-refractivity contribution in [2.24, 2.45) is 5.73 Å². The van der Waals surface area contributed by atoms with Crippen LogP contribution in [-0.4, -0.2) is 26.0 Å². The molecule has 1 aromatic carbocycles. The van der Waals surface area contributed by atoms with Gasteiger partial charge in [0.2, 0.25) is 0 Å². The van der Waals surface area contributed by atoms with Crippen molar-refractivity contribution in [2.45, 2.75) is 37.5 Å². The van der Waals surface area contributed by atoms with Crippen molar-refractivity contribution in [3.63, 3.8) is 0 Å². The van der Waals surface area contributed by atoms with Gasteiger partial charge in [-0.2, -0.15) is 0 Å². The van der Waals surface area contributed by atoms with Crippen LogP contribution in [0.2, 0.25) is 0 Å². The van der Waals surface area contributed by atoms with Crippen LogP contribution in [0.4, 0.5) is 0 Å². The quantitative estimate of drug-likeness (QED) is 0.842. The van der Waals surface area contributed by atoms with Crippen molar-refractivity contribution >= 4 is 9.84 Å². The highest BCUT2D eigenvalue weighted by Crippen LogP contribution is 2.11. The number of hydrogen-bond acceptors (Lipinski definition) is 3. The molecule has 1 rings (SSSR count). The van der Waals surface area contributed by atoms with Gasteiger partial charge in [-0.1, -0.05) is 30.3 Å². The first-order valence-electron chi connectivity index (χ1n) is 5.89. The number of aryl methyl sites for hydroxylation is 1. The Morgan fingerprint density at radius 2 is 1.82 bits per heavy atom. The number of nitrogens with two attached hydrogens (primary N) is 1. The van der Waals surface area contributed by atoms with E-state index in [2.05, 4.69) is 12.1 Å². The molecule has 4 heteroatoms. The number of benzene rings is 1. The summed E-state index contributed by atoms with van der Waals surface area (Å²) in [6.07, 6.45) is 3.86. The number of sulfone groups is 1. The van der Waals surface area contributed by atoms with E-state index in [1.165, 1.54) is 11.8 Å². The molecule has 0 aliphatic heterocycles. The lowest BCUT2D eigenvalue weighted by Gasteiger charge is -2.17. The number of rotatable bonds is 6. The van der Waals surface area contributed by atoms with Gasteiger partial charge in [0.25, 0.3) is 0 Å². The molecule has 0 spiro atoms. The first kappa shape index (κ1) is 14.2. The molecule has 2 atom stereocenters. The third kappa shape index (κ3) is 4.88. The topological polar surface area (TPSA) is 60.2 Å². The molecule has 0 saturated heterocycles. The minimum Gasteiger partial charge on any atom is -0.327 e. The summed E-state index contributed by atoms with van der Waals surface area (Å²) in [5, 5.41) is -0.460. The van der Waals surface area contributed by atoms with E-state index in [4.69, 9.17) is 5.73 Å². The first-order valence-corrected chi connectivity index (χ1v) is 7.85. The summed E-state index contributed by atoms with van der Waals surface area (Å²) < 4.78 is 22.7. The minimum atomic E-state index is -3.02. The van der Waals surface area contributed by atoms with Crippen molar-refractivity contribution in [3.05, 3.63) is 35.9 Å². The van der Waals surface area contributed by atoms with Gasteiger partial charge in [-0.05, 0) is 31.7 Å². The molecule has 0 saturated carbocycles. The maximum Gasteiger partial charge on any atom is 0.151 e. The van der Waals surface area contributed by atoms with Gasteiger partial charge in [0.15, 0.2) is 9.84 Å². The van der Waals surface area contributed by atoms with Crippen LogP contribution in [0, 0.1) is 0 Å². The summed E-state index contributed by atoms with van der Waals surface area (Å²) in [6.45, 7) is 1.68. The Bertz CT molecular complexity index is 428. The van der Waals surface area contributed by atoms with Crippen LogP contribution in [0.25, 0.3) is 0 Å². The normalized spacial score (nSPS) is 15.5. The summed E-state index contributed by atoms with van der Waals surface area (Å²) in [7, 11) is -3.02. The molecule has 3 nitrogen and oxygen atoms in total. The predicted octanol–water partition coefficient (Wildman–Crippen LogP) is 1.77. The third-order valence-electron chi connectivity index (χ3n) is 3.12. The average molecular weight is 255 g/mol. The summed E-state index contributed by atoms with van der Waals surface area (Å²) >= 11 is 0. The molecule has 2 unspecified atom stereocenters. The Balaban J connectivity index is 2.37. The smallest absolute Gasteiger partial charge is 0.151 e. The molecule has 0 amide bonds. The summed E-state index contributed by atoms with van der Waals surface area (Å²) in [5.74, 6) is 0. The largest absolute Gasteiger partial charge is 0.327 e. The molecule has 96 valence electrons. The summed E-state index contributed by atoms with van der Waals surface area (Å²) in [6, 6.07) is 9.88. The zero-order valence-electron chi connectivity index (χ0n) is 10.5. The summed E-state index contributed by atoms with van der Waals surface area (Å²) in [4.78, 5) is 0. The summed E-state index contributed by atoms with van der Waals surface area (Å²) in [5.41, 5.74) is 7.16. The second-order valence-corrected chi connectivity index (χ2v) is 6.98. The van der Waals surface area contributed by atoms with Gasteiger partial charge in [0, 0.05) is 12.3 Å². The van der Waals surface area contributed by atoms with Crippen LogP contribution in [0.15, 0.2) is 30.3 Å². The predicted molar refractivity (Wildman–Crippen MR) is 71.7 cm³/mol. The molecular formula is C13H21NO2S. The molecule has 17 heavy (non-hydrogen) atoms. The fraction of sp³-hybridized carbons (Fsp3) is 0.538. The highest BCUT2D eigenvalue weighted by atomic mass is 32.2. The Morgan fingerprint density at radius 3 is 2.35 bits per heavy atom. The molecule has 0 aromatic heterocycles. The molecule has 1 aromatic rings. The molecular weight excluding hydrogens is 234 g/mol. The third-order valence-corrected chi connectivity index (χ3v) is 4.82. The SMILES string of the molecule is CC(C(N)CCCc1ccccc1)S(C)(=O)=O. The Hall–Kier alpha value is -0.870. The zero-order chi connectivity index (χ0) is 12.9. The maximum absolute atomic E-state index is 11.3. The van der Waals surface area contributed by atoms with E-state index in [-0.39, 0.29) is 6.04 Å². The van der Waals surface area contributed by atoms with E-state index in [1.54, 1.807) is 6.92 Å². The van der Waals surface area contributed by atoms with Crippen molar-refractivity contribution in [1.82, 2.24) is 0 Å². The van der Waals surface area contributed by atoms with Gasteiger partial charge in [-0.25, -0.2) is 8.42 Å². The van der Waals surface area contributed by atoms with E-state index in [1.807, 2.05) is 18.2 Å². The monoisotopic (exact) mass is 255 g/mol. The van der Waals surface area contributed by atoms with E-state index >= 15 is 0 Å². The van der Waals surface area contributed by atoms with Gasteiger partial charge >= 0.3 is 0 Å². The van der Waals surface area contributed by atoms with E-state index in [0.29, 0.717) is 0 Å². The molecule has 0 aliphatic rings. The zero-order valence-corrected chi connectivity index (χ0v) is 11.3. The van der Waals surface area contributed by atoms with Gasteiger partial charge in [0.05, 0.1) is 5.25 Å². The van der Waals surface area contributed by atoms with Crippen molar-refractivity contribution in [2.75, 3.05) is 6.26 Å². The fourth-order valence-electron chi connectivity index (χ4n) is 1.74. The Labute approximate surface area is 104 Å². The lowest BCUT2D eigenvalue weighted by molar-refractivity contribution is 0.534. The lowest BCUT2D eigenvalue weighted by atomic mass is 10.0. The maximum atomic E-state index is 11.3. The van der Waals surface area contributed by atoms with Crippen molar-refractivity contribution < 1.29 is 8.42 Å².